The molecule has 398 valence electrons. The van der Waals surface area contributed by atoms with E-state index in [1.165, 1.54) is 231 Å². The van der Waals surface area contributed by atoms with Crippen molar-refractivity contribution in [2.24, 2.45) is 11.8 Å². The van der Waals surface area contributed by atoms with Crippen LogP contribution in [0.25, 0.3) is 0 Å². The fourth-order valence-corrected chi connectivity index (χ4v) is 9.37. The van der Waals surface area contributed by atoms with E-state index in [0.717, 1.165) is 69.6 Å². The lowest BCUT2D eigenvalue weighted by molar-refractivity contribution is -0.167. The highest BCUT2D eigenvalue weighted by Gasteiger charge is 2.19. The summed E-state index contributed by atoms with van der Waals surface area (Å²) >= 11 is 0. The summed E-state index contributed by atoms with van der Waals surface area (Å²) in [4.78, 5) is 38.2. The smallest absolute Gasteiger partial charge is 0.306 e. The van der Waals surface area contributed by atoms with Gasteiger partial charge < -0.3 is 14.2 Å². The second-order valence-corrected chi connectivity index (χ2v) is 21.7. The molecule has 0 aromatic rings. The van der Waals surface area contributed by atoms with Gasteiger partial charge in [0.15, 0.2) is 6.10 Å². The van der Waals surface area contributed by atoms with E-state index in [-0.39, 0.29) is 31.1 Å². The second kappa shape index (κ2) is 53.8. The van der Waals surface area contributed by atoms with Crippen molar-refractivity contribution in [3.63, 3.8) is 0 Å². The van der Waals surface area contributed by atoms with E-state index in [1.807, 2.05) is 0 Å². The Morgan fingerprint density at radius 2 is 0.567 bits per heavy atom. The van der Waals surface area contributed by atoms with E-state index in [1.54, 1.807) is 0 Å². The Morgan fingerprint density at radius 3 is 0.851 bits per heavy atom. The Kier molecular flexibility index (Phi) is 52.5. The molecule has 0 aromatic heterocycles. The average molecular weight is 948 g/mol. The van der Waals surface area contributed by atoms with Gasteiger partial charge in [-0.05, 0) is 31.1 Å². The van der Waals surface area contributed by atoms with Crippen molar-refractivity contribution in [3.8, 4) is 0 Å². The molecule has 0 bridgehead atoms. The Labute approximate surface area is 418 Å². The Bertz CT molecular complexity index is 1030. The Balaban J connectivity index is 4.22. The van der Waals surface area contributed by atoms with E-state index in [0.29, 0.717) is 19.3 Å². The molecule has 0 aliphatic rings. The average Bonchev–Trinajstić information content (AvgIpc) is 3.31. The van der Waals surface area contributed by atoms with Crippen LogP contribution in [-0.2, 0) is 28.6 Å². The minimum absolute atomic E-state index is 0.0626. The van der Waals surface area contributed by atoms with Gasteiger partial charge in [0.25, 0.3) is 0 Å². The molecule has 2 atom stereocenters. The lowest BCUT2D eigenvalue weighted by Gasteiger charge is -2.18. The predicted molar refractivity (Wildman–Crippen MR) is 289 cm³/mol. The Hall–Kier alpha value is -1.59. The van der Waals surface area contributed by atoms with Gasteiger partial charge in [0.1, 0.15) is 13.2 Å². The van der Waals surface area contributed by atoms with Crippen LogP contribution in [0.15, 0.2) is 0 Å². The molecule has 0 aliphatic heterocycles. The SMILES string of the molecule is CCCCCCCCCCCCCCCCCC(=O)O[C@H](COC(=O)CCCCCCCCCCCCCCCCCCCCC(C)CC)COC(=O)CCCCCCCCCCCC(C)C. The van der Waals surface area contributed by atoms with Gasteiger partial charge in [0.05, 0.1) is 0 Å². The highest BCUT2D eigenvalue weighted by atomic mass is 16.6. The van der Waals surface area contributed by atoms with Gasteiger partial charge in [-0.15, -0.1) is 0 Å². The van der Waals surface area contributed by atoms with E-state index in [9.17, 15) is 14.4 Å². The first-order valence-electron chi connectivity index (χ1n) is 30.3. The summed E-state index contributed by atoms with van der Waals surface area (Å²) in [5, 5.41) is 0. The van der Waals surface area contributed by atoms with Gasteiger partial charge >= 0.3 is 17.9 Å². The van der Waals surface area contributed by atoms with E-state index in [4.69, 9.17) is 14.2 Å². The topological polar surface area (TPSA) is 78.9 Å². The maximum Gasteiger partial charge on any atom is 0.306 e. The van der Waals surface area contributed by atoms with Crippen molar-refractivity contribution < 1.29 is 28.6 Å². The monoisotopic (exact) mass is 947 g/mol. The van der Waals surface area contributed by atoms with Crippen molar-refractivity contribution in [2.75, 3.05) is 13.2 Å². The molecule has 67 heavy (non-hydrogen) atoms. The second-order valence-electron chi connectivity index (χ2n) is 21.7. The first-order valence-corrected chi connectivity index (χ1v) is 30.3. The summed E-state index contributed by atoms with van der Waals surface area (Å²) in [5.74, 6) is 0.881. The zero-order chi connectivity index (χ0) is 48.9. The van der Waals surface area contributed by atoms with Crippen LogP contribution in [0, 0.1) is 11.8 Å². The minimum atomic E-state index is -0.763. The fraction of sp³-hybridized carbons (Fsp3) is 0.951. The number of ether oxygens (including phenoxy) is 3. The molecule has 0 aromatic carbocycles. The highest BCUT2D eigenvalue weighted by Crippen LogP contribution is 2.19. The molecule has 6 nitrogen and oxygen atoms in total. The molecular weight excluding hydrogens is 829 g/mol. The molecule has 0 amide bonds. The molecule has 0 saturated carbocycles. The molecule has 6 heteroatoms. The molecular formula is C61H118O6. The van der Waals surface area contributed by atoms with Crippen LogP contribution >= 0.6 is 0 Å². The molecule has 0 aliphatic carbocycles. The van der Waals surface area contributed by atoms with Gasteiger partial charge in [-0.25, -0.2) is 0 Å². The summed E-state index contributed by atoms with van der Waals surface area (Å²) in [6.07, 6.45) is 58.1. The molecule has 0 radical (unpaired) electrons. The molecule has 0 fully saturated rings. The molecule has 1 unspecified atom stereocenters. The number of hydrogen-bond acceptors (Lipinski definition) is 6. The van der Waals surface area contributed by atoms with Crippen molar-refractivity contribution in [1.29, 1.82) is 0 Å². The lowest BCUT2D eigenvalue weighted by Crippen LogP contribution is -2.30. The third kappa shape index (κ3) is 53.6. The zero-order valence-corrected chi connectivity index (χ0v) is 46.0. The quantitative estimate of drug-likeness (QED) is 0.0343. The summed E-state index contributed by atoms with van der Waals surface area (Å²) in [6.45, 7) is 11.4. The standard InChI is InChI=1S/C61H118O6/c1-6-8-9-10-11-12-13-14-19-24-27-32-38-43-48-53-61(64)67-58(55-66-60(63)52-47-42-37-33-28-29-34-39-44-49-56(3)4)54-65-59(62)51-46-41-36-31-26-23-21-18-16-15-17-20-22-25-30-35-40-45-50-57(5)7-2/h56-58H,6-55H2,1-5H3/t57?,58-/m1/s1. The third-order valence-electron chi connectivity index (χ3n) is 14.3. The van der Waals surface area contributed by atoms with Gasteiger partial charge in [-0.1, -0.05) is 304 Å². The number of esters is 3. The van der Waals surface area contributed by atoms with Crippen LogP contribution in [0.5, 0.6) is 0 Å². The van der Waals surface area contributed by atoms with E-state index >= 15 is 0 Å². The summed E-state index contributed by atoms with van der Waals surface area (Å²) < 4.78 is 16.9. The molecule has 0 saturated heterocycles. The fourth-order valence-electron chi connectivity index (χ4n) is 9.37. The first kappa shape index (κ1) is 65.4. The van der Waals surface area contributed by atoms with Crippen molar-refractivity contribution in [2.45, 2.75) is 349 Å². The summed E-state index contributed by atoms with van der Waals surface area (Å²) in [5.41, 5.74) is 0. The van der Waals surface area contributed by atoms with Crippen LogP contribution < -0.4 is 0 Å². The largest absolute Gasteiger partial charge is 0.462 e. The summed E-state index contributed by atoms with van der Waals surface area (Å²) in [6, 6.07) is 0. The van der Waals surface area contributed by atoms with Crippen LogP contribution in [0.4, 0.5) is 0 Å². The Morgan fingerprint density at radius 1 is 0.313 bits per heavy atom. The lowest BCUT2D eigenvalue weighted by atomic mass is 9.99. The minimum Gasteiger partial charge on any atom is -0.462 e. The van der Waals surface area contributed by atoms with Crippen LogP contribution in [0.1, 0.15) is 343 Å². The highest BCUT2D eigenvalue weighted by molar-refractivity contribution is 5.71. The zero-order valence-electron chi connectivity index (χ0n) is 46.0. The van der Waals surface area contributed by atoms with Crippen LogP contribution in [-0.4, -0.2) is 37.2 Å². The predicted octanol–water partition coefficient (Wildman–Crippen LogP) is 20.0. The number of hydrogen-bond donors (Lipinski definition) is 0. The normalized spacial score (nSPS) is 12.4. The third-order valence-corrected chi connectivity index (χ3v) is 14.3. The maximum atomic E-state index is 12.9. The first-order chi connectivity index (χ1) is 32.8. The van der Waals surface area contributed by atoms with Gasteiger partial charge in [-0.2, -0.15) is 0 Å². The van der Waals surface area contributed by atoms with Crippen LogP contribution in [0.3, 0.4) is 0 Å². The van der Waals surface area contributed by atoms with E-state index < -0.39 is 6.10 Å². The van der Waals surface area contributed by atoms with Crippen molar-refractivity contribution in [3.05, 3.63) is 0 Å². The van der Waals surface area contributed by atoms with Crippen molar-refractivity contribution in [1.82, 2.24) is 0 Å². The van der Waals surface area contributed by atoms with Gasteiger partial charge in [0.2, 0.25) is 0 Å². The maximum absolute atomic E-state index is 12.9. The number of unbranched alkanes of at least 4 members (excludes halogenated alkanes) is 39. The van der Waals surface area contributed by atoms with Crippen molar-refractivity contribution >= 4 is 17.9 Å². The number of rotatable bonds is 55. The molecule has 0 heterocycles. The molecule has 0 rings (SSSR count). The van der Waals surface area contributed by atoms with Gasteiger partial charge in [-0.3, -0.25) is 14.4 Å². The van der Waals surface area contributed by atoms with Gasteiger partial charge in [0, 0.05) is 19.3 Å². The number of carbonyl (C=O) groups is 3. The molecule has 0 spiro atoms. The van der Waals surface area contributed by atoms with Crippen LogP contribution in [0.2, 0.25) is 0 Å². The molecule has 0 N–H and O–H groups in total. The number of carbonyl (C=O) groups excluding carboxylic acids is 3. The van der Waals surface area contributed by atoms with E-state index in [2.05, 4.69) is 34.6 Å². The summed E-state index contributed by atoms with van der Waals surface area (Å²) in [7, 11) is 0.